The van der Waals surface area contributed by atoms with Gasteiger partial charge in [0.15, 0.2) is 0 Å². The fourth-order valence-corrected chi connectivity index (χ4v) is 4.35. The first-order chi connectivity index (χ1) is 11.9. The number of sulfonamides is 1. The van der Waals surface area contributed by atoms with Gasteiger partial charge in [0, 0.05) is 5.56 Å². The van der Waals surface area contributed by atoms with Crippen molar-refractivity contribution in [1.29, 1.82) is 0 Å². The van der Waals surface area contributed by atoms with Gasteiger partial charge in [0.05, 0.1) is 11.1 Å². The molecule has 2 N–H and O–H groups in total. The topological polar surface area (TPSA) is 75.3 Å². The fraction of sp³-hybridized carbons (Fsp3) is 0.278. The zero-order valence-corrected chi connectivity index (χ0v) is 15.3. The molecule has 0 unspecified atom stereocenters. The first kappa shape index (κ1) is 17.9. The summed E-state index contributed by atoms with van der Waals surface area (Å²) in [6.45, 7) is 0. The van der Waals surface area contributed by atoms with Gasteiger partial charge in [-0.25, -0.2) is 13.1 Å². The van der Waals surface area contributed by atoms with Gasteiger partial charge in [0.2, 0.25) is 10.0 Å². The van der Waals surface area contributed by atoms with Crippen molar-refractivity contribution in [3.8, 4) is 0 Å². The monoisotopic (exact) mass is 378 g/mol. The van der Waals surface area contributed by atoms with Crippen molar-refractivity contribution >= 4 is 27.5 Å². The highest BCUT2D eigenvalue weighted by Crippen LogP contribution is 2.30. The molecule has 0 heterocycles. The van der Waals surface area contributed by atoms with Crippen molar-refractivity contribution in [1.82, 2.24) is 10.0 Å². The Hall–Kier alpha value is -1.89. The van der Waals surface area contributed by atoms with Crippen LogP contribution < -0.4 is 10.0 Å². The van der Waals surface area contributed by atoms with Crippen molar-refractivity contribution in [3.05, 3.63) is 64.2 Å². The fourth-order valence-electron chi connectivity index (χ4n) is 3.11. The molecule has 1 aliphatic carbocycles. The summed E-state index contributed by atoms with van der Waals surface area (Å²) in [7, 11) is -2.43. The minimum Gasteiger partial charge on any atom is -0.345 e. The molecule has 2 aromatic rings. The van der Waals surface area contributed by atoms with E-state index in [1.165, 1.54) is 30.8 Å². The van der Waals surface area contributed by atoms with Crippen molar-refractivity contribution in [2.24, 2.45) is 0 Å². The number of hydrogen-bond acceptors (Lipinski definition) is 3. The van der Waals surface area contributed by atoms with Crippen molar-refractivity contribution < 1.29 is 13.2 Å². The zero-order chi connectivity index (χ0) is 18.0. The second kappa shape index (κ2) is 7.15. The molecule has 3 rings (SSSR count). The lowest BCUT2D eigenvalue weighted by molar-refractivity contribution is 0.0932. The third-order valence-corrected chi connectivity index (χ3v) is 6.32. The van der Waals surface area contributed by atoms with E-state index >= 15 is 0 Å². The molecule has 25 heavy (non-hydrogen) atoms. The van der Waals surface area contributed by atoms with E-state index in [4.69, 9.17) is 11.6 Å². The standard InChI is InChI=1S/C18H19ClN2O3S/c1-20-25(23,24)17-11-13(9-10-15(17)19)18(22)21-16-8-4-6-12-5-2-3-7-14(12)16/h2-3,5,7,9-11,16,20H,4,6,8H2,1H3,(H,21,22)/t16-/m0/s1. The van der Waals surface area contributed by atoms with Gasteiger partial charge in [-0.1, -0.05) is 35.9 Å². The normalized spacial score (nSPS) is 17.0. The molecule has 132 valence electrons. The summed E-state index contributed by atoms with van der Waals surface area (Å²) >= 11 is 5.97. The van der Waals surface area contributed by atoms with Gasteiger partial charge in [-0.05, 0) is 55.6 Å². The number of hydrogen-bond donors (Lipinski definition) is 2. The van der Waals surface area contributed by atoms with E-state index < -0.39 is 10.0 Å². The highest BCUT2D eigenvalue weighted by molar-refractivity contribution is 7.89. The molecular formula is C18H19ClN2O3S. The minimum absolute atomic E-state index is 0.0718. The number of amides is 1. The van der Waals surface area contributed by atoms with Crippen molar-refractivity contribution in [2.45, 2.75) is 30.2 Å². The number of rotatable bonds is 4. The Kier molecular flexibility index (Phi) is 5.13. The number of carbonyl (C=O) groups is 1. The van der Waals surface area contributed by atoms with Gasteiger partial charge < -0.3 is 5.32 Å². The molecule has 0 radical (unpaired) electrons. The van der Waals surface area contributed by atoms with E-state index in [1.807, 2.05) is 18.2 Å². The van der Waals surface area contributed by atoms with E-state index in [9.17, 15) is 13.2 Å². The van der Waals surface area contributed by atoms with Crippen LogP contribution >= 0.6 is 11.6 Å². The second-order valence-corrected chi connectivity index (χ2v) is 8.23. The molecule has 2 aromatic carbocycles. The molecule has 0 saturated carbocycles. The van der Waals surface area contributed by atoms with Crippen LogP contribution in [0.3, 0.4) is 0 Å². The number of halogens is 1. The smallest absolute Gasteiger partial charge is 0.251 e. The third-order valence-electron chi connectivity index (χ3n) is 4.43. The maximum absolute atomic E-state index is 12.6. The molecule has 0 bridgehead atoms. The predicted octanol–water partition coefficient (Wildman–Crippen LogP) is 3.06. The quantitative estimate of drug-likeness (QED) is 0.858. The number of aryl methyl sites for hydroxylation is 1. The van der Waals surface area contributed by atoms with Gasteiger partial charge in [0.1, 0.15) is 4.90 Å². The second-order valence-electron chi connectivity index (χ2n) is 5.97. The lowest BCUT2D eigenvalue weighted by Gasteiger charge is -2.26. The molecule has 0 fully saturated rings. The summed E-state index contributed by atoms with van der Waals surface area (Å²) in [5, 5.41) is 3.09. The molecular weight excluding hydrogens is 360 g/mol. The Morgan fingerprint density at radius 1 is 1.20 bits per heavy atom. The summed E-state index contributed by atoms with van der Waals surface area (Å²) in [5.74, 6) is -0.314. The first-order valence-electron chi connectivity index (χ1n) is 8.04. The first-order valence-corrected chi connectivity index (χ1v) is 9.90. The summed E-state index contributed by atoms with van der Waals surface area (Å²) in [6.07, 6.45) is 2.87. The molecule has 1 amide bonds. The maximum Gasteiger partial charge on any atom is 0.251 e. The summed E-state index contributed by atoms with van der Waals surface area (Å²) < 4.78 is 26.3. The Balaban J connectivity index is 1.87. The summed E-state index contributed by atoms with van der Waals surface area (Å²) in [6, 6.07) is 12.2. The molecule has 5 nitrogen and oxygen atoms in total. The van der Waals surface area contributed by atoms with E-state index in [-0.39, 0.29) is 27.4 Å². The molecule has 0 aromatic heterocycles. The van der Waals surface area contributed by atoms with E-state index in [2.05, 4.69) is 16.1 Å². The van der Waals surface area contributed by atoms with E-state index in [0.29, 0.717) is 0 Å². The number of fused-ring (bicyclic) bond motifs is 1. The average molecular weight is 379 g/mol. The van der Waals surface area contributed by atoms with Gasteiger partial charge in [-0.3, -0.25) is 4.79 Å². The number of carbonyl (C=O) groups excluding carboxylic acids is 1. The van der Waals surface area contributed by atoms with Crippen LogP contribution in [0.1, 0.15) is 40.4 Å². The van der Waals surface area contributed by atoms with Gasteiger partial charge in [0.25, 0.3) is 5.91 Å². The van der Waals surface area contributed by atoms with E-state index in [0.717, 1.165) is 24.8 Å². The highest BCUT2D eigenvalue weighted by atomic mass is 35.5. The Bertz CT molecular complexity index is 912. The molecule has 0 spiro atoms. The zero-order valence-electron chi connectivity index (χ0n) is 13.8. The van der Waals surface area contributed by atoms with Gasteiger partial charge in [-0.15, -0.1) is 0 Å². The van der Waals surface area contributed by atoms with Crippen LogP contribution in [0.25, 0.3) is 0 Å². The largest absolute Gasteiger partial charge is 0.345 e. The number of benzene rings is 2. The van der Waals surface area contributed by atoms with Crippen LogP contribution in [-0.2, 0) is 16.4 Å². The molecule has 7 heteroatoms. The van der Waals surface area contributed by atoms with Crippen molar-refractivity contribution in [3.63, 3.8) is 0 Å². The maximum atomic E-state index is 12.6. The van der Waals surface area contributed by atoms with Crippen LogP contribution in [0.15, 0.2) is 47.4 Å². The Labute approximate surface area is 152 Å². The van der Waals surface area contributed by atoms with Crippen LogP contribution in [0.5, 0.6) is 0 Å². The summed E-state index contributed by atoms with van der Waals surface area (Å²) in [5.41, 5.74) is 2.63. The van der Waals surface area contributed by atoms with Gasteiger partial charge in [-0.2, -0.15) is 0 Å². The number of nitrogens with one attached hydrogen (secondary N) is 2. The molecule has 0 aliphatic heterocycles. The van der Waals surface area contributed by atoms with E-state index in [1.54, 1.807) is 0 Å². The minimum atomic E-state index is -3.73. The van der Waals surface area contributed by atoms with Gasteiger partial charge >= 0.3 is 0 Å². The van der Waals surface area contributed by atoms with Crippen LogP contribution in [-0.4, -0.2) is 21.4 Å². The SMILES string of the molecule is CNS(=O)(=O)c1cc(C(=O)N[C@H]2CCCc3ccccc32)ccc1Cl. The lowest BCUT2D eigenvalue weighted by atomic mass is 9.87. The predicted molar refractivity (Wildman–Crippen MR) is 97.3 cm³/mol. The van der Waals surface area contributed by atoms with Crippen molar-refractivity contribution in [2.75, 3.05) is 7.05 Å². The van der Waals surface area contributed by atoms with Crippen LogP contribution in [0, 0.1) is 0 Å². The average Bonchev–Trinajstić information content (AvgIpc) is 2.62. The lowest BCUT2D eigenvalue weighted by Crippen LogP contribution is -2.31. The Morgan fingerprint density at radius 2 is 1.96 bits per heavy atom. The summed E-state index contributed by atoms with van der Waals surface area (Å²) in [4.78, 5) is 12.5. The molecule has 1 atom stereocenters. The third kappa shape index (κ3) is 3.71. The molecule has 1 aliphatic rings. The van der Waals surface area contributed by atoms with Crippen LogP contribution in [0.2, 0.25) is 5.02 Å². The molecule has 0 saturated heterocycles. The highest BCUT2D eigenvalue weighted by Gasteiger charge is 2.23. The Morgan fingerprint density at radius 3 is 2.72 bits per heavy atom. The van der Waals surface area contributed by atoms with Crippen LogP contribution in [0.4, 0.5) is 0 Å².